The molecule has 23 heavy (non-hydrogen) atoms. The van der Waals surface area contributed by atoms with E-state index in [9.17, 15) is 9.59 Å². The Bertz CT molecular complexity index is 658. The van der Waals surface area contributed by atoms with Crippen molar-refractivity contribution in [1.29, 1.82) is 0 Å². The topological polar surface area (TPSA) is 52.6 Å². The molecule has 0 aromatic rings. The van der Waals surface area contributed by atoms with Crippen LogP contribution in [-0.4, -0.2) is 24.1 Å². The Morgan fingerprint density at radius 2 is 1.83 bits per heavy atom. The number of fused-ring (bicyclic) bond motifs is 2. The maximum Gasteiger partial charge on any atom is 0.331 e. The average molecular weight is 316 g/mol. The number of cyclic esters (lactones) is 1. The zero-order chi connectivity index (χ0) is 16.6. The lowest BCUT2D eigenvalue weighted by molar-refractivity contribution is -0.148. The van der Waals surface area contributed by atoms with Crippen molar-refractivity contribution in [2.24, 2.45) is 22.7 Å². The standard InChI is InChI=1S/C19H24O4/c1-10(2)15-11-8-13-16-18(3,12(11)9-14(20)23-15)6-5-7-19(16,4)17(21)22-13/h8-10,13,15-16H,5-7H2,1-4H3/t13-,15?,16-,18-,19+/m1/s1. The van der Waals surface area contributed by atoms with Gasteiger partial charge in [-0.2, -0.15) is 0 Å². The van der Waals surface area contributed by atoms with Crippen LogP contribution in [0.2, 0.25) is 0 Å². The van der Waals surface area contributed by atoms with Crippen LogP contribution in [0.5, 0.6) is 0 Å². The zero-order valence-electron chi connectivity index (χ0n) is 14.2. The summed E-state index contributed by atoms with van der Waals surface area (Å²) in [5.74, 6) is -0.0259. The molecule has 0 bridgehead atoms. The van der Waals surface area contributed by atoms with Crippen LogP contribution in [-0.2, 0) is 19.1 Å². The Labute approximate surface area is 136 Å². The molecule has 4 rings (SSSR count). The molecule has 0 aromatic heterocycles. The first kappa shape index (κ1) is 15.0. The molecule has 2 aliphatic heterocycles. The van der Waals surface area contributed by atoms with Crippen LogP contribution in [0.4, 0.5) is 0 Å². The van der Waals surface area contributed by atoms with E-state index in [1.165, 1.54) is 0 Å². The summed E-state index contributed by atoms with van der Waals surface area (Å²) >= 11 is 0. The molecule has 0 radical (unpaired) electrons. The highest BCUT2D eigenvalue weighted by atomic mass is 16.6. The van der Waals surface area contributed by atoms with Gasteiger partial charge in [0, 0.05) is 17.4 Å². The van der Waals surface area contributed by atoms with Crippen LogP contribution >= 0.6 is 0 Å². The number of ether oxygens (including phenoxy) is 2. The van der Waals surface area contributed by atoms with Crippen molar-refractivity contribution < 1.29 is 19.1 Å². The third kappa shape index (κ3) is 1.78. The average Bonchev–Trinajstić information content (AvgIpc) is 2.72. The minimum Gasteiger partial charge on any atom is -0.457 e. The van der Waals surface area contributed by atoms with Crippen LogP contribution in [0.3, 0.4) is 0 Å². The lowest BCUT2D eigenvalue weighted by Crippen LogP contribution is -2.51. The first-order valence-electron chi connectivity index (χ1n) is 8.63. The molecule has 1 unspecified atom stereocenters. The normalized spacial score (nSPS) is 44.8. The molecule has 4 heteroatoms. The molecule has 2 fully saturated rings. The van der Waals surface area contributed by atoms with Crippen molar-refractivity contribution in [3.8, 4) is 0 Å². The van der Waals surface area contributed by atoms with Gasteiger partial charge in [-0.1, -0.05) is 27.2 Å². The molecule has 1 saturated heterocycles. The molecular formula is C19H24O4. The molecule has 4 nitrogen and oxygen atoms in total. The van der Waals surface area contributed by atoms with E-state index in [2.05, 4.69) is 26.8 Å². The van der Waals surface area contributed by atoms with E-state index in [1.807, 2.05) is 6.92 Å². The van der Waals surface area contributed by atoms with Crippen LogP contribution < -0.4 is 0 Å². The summed E-state index contributed by atoms with van der Waals surface area (Å²) in [6.45, 7) is 8.36. The maximum absolute atomic E-state index is 12.5. The molecule has 1 saturated carbocycles. The van der Waals surface area contributed by atoms with E-state index in [0.717, 1.165) is 30.4 Å². The zero-order valence-corrected chi connectivity index (χ0v) is 14.2. The molecule has 5 atom stereocenters. The fraction of sp³-hybridized carbons (Fsp3) is 0.684. The van der Waals surface area contributed by atoms with Crippen molar-refractivity contribution in [2.45, 2.75) is 59.2 Å². The van der Waals surface area contributed by atoms with Crippen LogP contribution in [0.15, 0.2) is 23.3 Å². The van der Waals surface area contributed by atoms with Gasteiger partial charge in [0.2, 0.25) is 0 Å². The molecule has 4 aliphatic rings. The van der Waals surface area contributed by atoms with Gasteiger partial charge >= 0.3 is 11.9 Å². The predicted molar refractivity (Wildman–Crippen MR) is 84.3 cm³/mol. The van der Waals surface area contributed by atoms with Gasteiger partial charge in [-0.25, -0.2) is 4.79 Å². The van der Waals surface area contributed by atoms with Crippen molar-refractivity contribution in [2.75, 3.05) is 0 Å². The third-order valence-corrected chi connectivity index (χ3v) is 6.49. The van der Waals surface area contributed by atoms with Gasteiger partial charge in [0.15, 0.2) is 0 Å². The van der Waals surface area contributed by atoms with E-state index < -0.39 is 5.41 Å². The van der Waals surface area contributed by atoms with Gasteiger partial charge in [0.1, 0.15) is 12.2 Å². The van der Waals surface area contributed by atoms with Crippen molar-refractivity contribution in [1.82, 2.24) is 0 Å². The van der Waals surface area contributed by atoms with E-state index in [0.29, 0.717) is 0 Å². The fourth-order valence-corrected chi connectivity index (χ4v) is 5.48. The predicted octanol–water partition coefficient (Wildman–Crippen LogP) is 3.17. The summed E-state index contributed by atoms with van der Waals surface area (Å²) in [6, 6.07) is 0. The number of hydrogen-bond acceptors (Lipinski definition) is 4. The number of carbonyl (C=O) groups excluding carboxylic acids is 2. The molecule has 2 heterocycles. The molecular weight excluding hydrogens is 292 g/mol. The van der Waals surface area contributed by atoms with Crippen molar-refractivity contribution >= 4 is 11.9 Å². The van der Waals surface area contributed by atoms with E-state index >= 15 is 0 Å². The fourth-order valence-electron chi connectivity index (χ4n) is 5.48. The second kappa shape index (κ2) is 4.49. The highest BCUT2D eigenvalue weighted by Crippen LogP contribution is 2.64. The Morgan fingerprint density at radius 1 is 1.13 bits per heavy atom. The summed E-state index contributed by atoms with van der Waals surface area (Å²) in [6.07, 6.45) is 6.13. The molecule has 0 N–H and O–H groups in total. The van der Waals surface area contributed by atoms with Gasteiger partial charge in [0.25, 0.3) is 0 Å². The van der Waals surface area contributed by atoms with Gasteiger partial charge in [-0.15, -0.1) is 0 Å². The van der Waals surface area contributed by atoms with E-state index in [-0.39, 0.29) is 41.4 Å². The first-order chi connectivity index (χ1) is 10.8. The Kier molecular flexibility index (Phi) is 2.92. The Morgan fingerprint density at radius 3 is 2.52 bits per heavy atom. The summed E-state index contributed by atoms with van der Waals surface area (Å²) in [5.41, 5.74) is 1.51. The van der Waals surface area contributed by atoms with E-state index in [1.54, 1.807) is 6.08 Å². The summed E-state index contributed by atoms with van der Waals surface area (Å²) in [4.78, 5) is 24.7. The number of esters is 2. The summed E-state index contributed by atoms with van der Waals surface area (Å²) in [7, 11) is 0. The monoisotopic (exact) mass is 316 g/mol. The van der Waals surface area contributed by atoms with Crippen LogP contribution in [0, 0.1) is 22.7 Å². The summed E-state index contributed by atoms with van der Waals surface area (Å²) in [5, 5.41) is 0. The van der Waals surface area contributed by atoms with Gasteiger partial charge in [0.05, 0.1) is 5.41 Å². The Hall–Kier alpha value is -1.58. The van der Waals surface area contributed by atoms with E-state index in [4.69, 9.17) is 9.47 Å². The highest BCUT2D eigenvalue weighted by molar-refractivity contribution is 5.87. The quantitative estimate of drug-likeness (QED) is 0.697. The van der Waals surface area contributed by atoms with Gasteiger partial charge in [-0.05, 0) is 42.9 Å². The lowest BCUT2D eigenvalue weighted by Gasteiger charge is -2.53. The lowest BCUT2D eigenvalue weighted by atomic mass is 9.49. The smallest absolute Gasteiger partial charge is 0.331 e. The number of rotatable bonds is 1. The first-order valence-corrected chi connectivity index (χ1v) is 8.63. The molecule has 2 aliphatic carbocycles. The van der Waals surface area contributed by atoms with Crippen molar-refractivity contribution in [3.63, 3.8) is 0 Å². The minimum atomic E-state index is -0.435. The van der Waals surface area contributed by atoms with Gasteiger partial charge in [-0.3, -0.25) is 4.79 Å². The highest BCUT2D eigenvalue weighted by Gasteiger charge is 2.65. The largest absolute Gasteiger partial charge is 0.457 e. The minimum absolute atomic E-state index is 0.0807. The van der Waals surface area contributed by atoms with Gasteiger partial charge < -0.3 is 9.47 Å². The van der Waals surface area contributed by atoms with Crippen LogP contribution in [0.1, 0.15) is 47.0 Å². The number of hydrogen-bond donors (Lipinski definition) is 0. The second-order valence-electron chi connectivity index (χ2n) is 8.32. The number of carbonyl (C=O) groups is 2. The third-order valence-electron chi connectivity index (χ3n) is 6.49. The SMILES string of the molecule is CC(C)C1OC(=O)C=C2C1=C[C@H]1OC(=O)[C@@]3(C)CCC[C@@]2(C)[C@@H]13. The second-order valence-corrected chi connectivity index (χ2v) is 8.32. The van der Waals surface area contributed by atoms with Crippen molar-refractivity contribution in [3.05, 3.63) is 23.3 Å². The molecule has 0 spiro atoms. The molecule has 124 valence electrons. The molecule has 0 amide bonds. The molecule has 0 aromatic carbocycles. The Balaban J connectivity index is 1.92. The van der Waals surface area contributed by atoms with Crippen LogP contribution in [0.25, 0.3) is 0 Å². The summed E-state index contributed by atoms with van der Waals surface area (Å²) < 4.78 is 11.3. The maximum atomic E-state index is 12.5.